The third-order valence-electron chi connectivity index (χ3n) is 4.65. The molecule has 2 aliphatic rings. The number of nitrogens with zero attached hydrogens (tertiary/aromatic N) is 2. The van der Waals surface area contributed by atoms with Gasteiger partial charge in [-0.05, 0) is 24.5 Å². The van der Waals surface area contributed by atoms with Gasteiger partial charge < -0.3 is 15.3 Å². The number of rotatable bonds is 2. The van der Waals surface area contributed by atoms with E-state index in [1.54, 1.807) is 0 Å². The van der Waals surface area contributed by atoms with E-state index in [0.717, 1.165) is 12.5 Å². The molecule has 21 heavy (non-hydrogen) atoms. The molecule has 1 heterocycles. The van der Waals surface area contributed by atoms with Gasteiger partial charge in [-0.3, -0.25) is 4.99 Å². The lowest BCUT2D eigenvalue weighted by molar-refractivity contribution is 0.300. The Morgan fingerprint density at radius 1 is 1.33 bits per heavy atom. The Labute approximate surface area is 143 Å². The highest BCUT2D eigenvalue weighted by Crippen LogP contribution is 2.50. The average molecular weight is 401 g/mol. The smallest absolute Gasteiger partial charge is 0.198 e. The van der Waals surface area contributed by atoms with Crippen LogP contribution < -0.4 is 10.2 Å². The molecule has 5 heteroatoms. The van der Waals surface area contributed by atoms with E-state index in [9.17, 15) is 0 Å². The number of aliphatic imine (C=N–C) groups is 1. The Morgan fingerprint density at radius 2 is 2.05 bits per heavy atom. The van der Waals surface area contributed by atoms with Crippen molar-refractivity contribution in [2.24, 2.45) is 4.99 Å². The summed E-state index contributed by atoms with van der Waals surface area (Å²) >= 11 is 0. The molecule has 1 aromatic rings. The van der Waals surface area contributed by atoms with Crippen LogP contribution >= 0.6 is 24.0 Å². The van der Waals surface area contributed by atoms with Gasteiger partial charge in [0.25, 0.3) is 0 Å². The predicted octanol–water partition coefficient (Wildman–Crippen LogP) is 2.50. The molecule has 0 amide bonds. The van der Waals surface area contributed by atoms with Gasteiger partial charge in [-0.2, -0.15) is 0 Å². The second kappa shape index (κ2) is 6.96. The Kier molecular flexibility index (Phi) is 5.48. The topological polar surface area (TPSA) is 47.9 Å². The Bertz CT molecular complexity index is 512. The fourth-order valence-electron chi connectivity index (χ4n) is 3.76. The zero-order valence-corrected chi connectivity index (χ0v) is 14.8. The number of benzene rings is 1. The van der Waals surface area contributed by atoms with E-state index in [1.165, 1.54) is 36.9 Å². The zero-order chi connectivity index (χ0) is 14.0. The molecule has 116 valence electrons. The van der Waals surface area contributed by atoms with Gasteiger partial charge in [-0.15, -0.1) is 24.0 Å². The number of halogens is 1. The number of aliphatic hydroxyl groups is 1. The molecule has 2 N–H and O–H groups in total. The van der Waals surface area contributed by atoms with Crippen LogP contribution in [0.25, 0.3) is 0 Å². The number of hydrogen-bond acceptors (Lipinski definition) is 2. The molecule has 0 saturated heterocycles. The molecule has 0 unspecified atom stereocenters. The maximum absolute atomic E-state index is 9.02. The SMILES string of the molecule is CN=C(NCCO)N1CC2(CCCC2)c2ccccc21.I. The summed E-state index contributed by atoms with van der Waals surface area (Å²) in [6.45, 7) is 1.68. The molecule has 0 radical (unpaired) electrons. The minimum absolute atomic E-state index is 0. The molecular weight excluding hydrogens is 377 g/mol. The van der Waals surface area contributed by atoms with Crippen LogP contribution in [0.5, 0.6) is 0 Å². The molecule has 0 bridgehead atoms. The minimum Gasteiger partial charge on any atom is -0.395 e. The fraction of sp³-hybridized carbons (Fsp3) is 0.562. The number of nitrogens with one attached hydrogen (secondary N) is 1. The monoisotopic (exact) mass is 401 g/mol. The van der Waals surface area contributed by atoms with Gasteiger partial charge in [0.1, 0.15) is 0 Å². The summed E-state index contributed by atoms with van der Waals surface area (Å²) in [6.07, 6.45) is 5.20. The van der Waals surface area contributed by atoms with Crippen molar-refractivity contribution in [1.82, 2.24) is 5.32 Å². The molecule has 1 aromatic carbocycles. The van der Waals surface area contributed by atoms with Gasteiger partial charge in [-0.1, -0.05) is 31.0 Å². The molecular formula is C16H24IN3O. The van der Waals surface area contributed by atoms with E-state index in [2.05, 4.69) is 39.5 Å². The maximum atomic E-state index is 9.02. The molecule has 0 aromatic heterocycles. The van der Waals surface area contributed by atoms with Gasteiger partial charge in [0.05, 0.1) is 6.61 Å². The van der Waals surface area contributed by atoms with Crippen molar-refractivity contribution in [2.45, 2.75) is 31.1 Å². The molecule has 1 fully saturated rings. The number of hydrogen-bond donors (Lipinski definition) is 2. The molecule has 3 rings (SSSR count). The van der Waals surface area contributed by atoms with E-state index in [1.807, 2.05) is 7.05 Å². The highest BCUT2D eigenvalue weighted by molar-refractivity contribution is 14.0. The first-order chi connectivity index (χ1) is 9.80. The largest absolute Gasteiger partial charge is 0.395 e. The lowest BCUT2D eigenvalue weighted by Gasteiger charge is -2.26. The van der Waals surface area contributed by atoms with Gasteiger partial charge >= 0.3 is 0 Å². The van der Waals surface area contributed by atoms with E-state index in [4.69, 9.17) is 5.11 Å². The third kappa shape index (κ3) is 2.90. The molecule has 1 saturated carbocycles. The van der Waals surface area contributed by atoms with Crippen molar-refractivity contribution < 1.29 is 5.11 Å². The highest BCUT2D eigenvalue weighted by Gasteiger charge is 2.45. The quantitative estimate of drug-likeness (QED) is 0.455. The number of anilines is 1. The van der Waals surface area contributed by atoms with Crippen molar-refractivity contribution in [3.8, 4) is 0 Å². The Hall–Kier alpha value is -0.820. The second-order valence-corrected chi connectivity index (χ2v) is 5.79. The van der Waals surface area contributed by atoms with Crippen molar-refractivity contribution in [1.29, 1.82) is 0 Å². The summed E-state index contributed by atoms with van der Waals surface area (Å²) in [7, 11) is 1.81. The number of para-hydroxylation sites is 1. The van der Waals surface area contributed by atoms with E-state index >= 15 is 0 Å². The van der Waals surface area contributed by atoms with Gasteiger partial charge in [0.2, 0.25) is 0 Å². The molecule has 1 aliphatic heterocycles. The van der Waals surface area contributed by atoms with Crippen LogP contribution in [0.2, 0.25) is 0 Å². The van der Waals surface area contributed by atoms with Gasteiger partial charge in [0, 0.05) is 31.2 Å². The lowest BCUT2D eigenvalue weighted by atomic mass is 9.81. The summed E-state index contributed by atoms with van der Waals surface area (Å²) in [6, 6.07) is 8.71. The third-order valence-corrected chi connectivity index (χ3v) is 4.65. The van der Waals surface area contributed by atoms with Gasteiger partial charge in [-0.25, -0.2) is 0 Å². The number of aliphatic hydroxyl groups excluding tert-OH is 1. The number of guanidine groups is 1. The normalized spacial score (nSPS) is 19.5. The van der Waals surface area contributed by atoms with E-state index < -0.39 is 0 Å². The molecule has 0 atom stereocenters. The first kappa shape index (κ1) is 16.5. The van der Waals surface area contributed by atoms with Crippen LogP contribution in [0.4, 0.5) is 5.69 Å². The number of fused-ring (bicyclic) bond motifs is 2. The minimum atomic E-state index is 0. The van der Waals surface area contributed by atoms with Gasteiger partial charge in [0.15, 0.2) is 5.96 Å². The summed E-state index contributed by atoms with van der Waals surface area (Å²) in [5.74, 6) is 0.871. The van der Waals surface area contributed by atoms with Crippen LogP contribution in [0.15, 0.2) is 29.3 Å². The summed E-state index contributed by atoms with van der Waals surface area (Å²) < 4.78 is 0. The summed E-state index contributed by atoms with van der Waals surface area (Å²) in [5, 5.41) is 12.3. The van der Waals surface area contributed by atoms with Crippen molar-refractivity contribution >= 4 is 35.6 Å². The first-order valence-corrected chi connectivity index (χ1v) is 7.49. The van der Waals surface area contributed by atoms with E-state index in [0.29, 0.717) is 12.0 Å². The average Bonchev–Trinajstić information content (AvgIpc) is 3.08. The van der Waals surface area contributed by atoms with E-state index in [-0.39, 0.29) is 30.6 Å². The van der Waals surface area contributed by atoms with Crippen molar-refractivity contribution in [3.63, 3.8) is 0 Å². The Balaban J connectivity index is 0.00000161. The predicted molar refractivity (Wildman–Crippen MR) is 97.8 cm³/mol. The maximum Gasteiger partial charge on any atom is 0.198 e. The Morgan fingerprint density at radius 3 is 2.71 bits per heavy atom. The summed E-state index contributed by atoms with van der Waals surface area (Å²) in [4.78, 5) is 6.67. The van der Waals surface area contributed by atoms with Crippen molar-refractivity contribution in [3.05, 3.63) is 29.8 Å². The van der Waals surface area contributed by atoms with Crippen LogP contribution in [0.3, 0.4) is 0 Å². The first-order valence-electron chi connectivity index (χ1n) is 7.49. The highest BCUT2D eigenvalue weighted by atomic mass is 127. The van der Waals surface area contributed by atoms with Crippen LogP contribution in [0.1, 0.15) is 31.2 Å². The fourth-order valence-corrected chi connectivity index (χ4v) is 3.76. The van der Waals surface area contributed by atoms with Crippen molar-refractivity contribution in [2.75, 3.05) is 31.6 Å². The van der Waals surface area contributed by atoms with Crippen LogP contribution in [-0.2, 0) is 5.41 Å². The standard InChI is InChI=1S/C16H23N3O.HI/c1-17-15(18-10-11-20)19-12-16(8-4-5-9-16)13-6-2-3-7-14(13)19;/h2-3,6-7,20H,4-5,8-12H2,1H3,(H,17,18);1H. The van der Waals surface area contributed by atoms with Crippen LogP contribution in [0, 0.1) is 0 Å². The zero-order valence-electron chi connectivity index (χ0n) is 12.5. The molecule has 1 aliphatic carbocycles. The lowest BCUT2D eigenvalue weighted by Crippen LogP contribution is -2.44. The van der Waals surface area contributed by atoms with Crippen LogP contribution in [-0.4, -0.2) is 37.8 Å². The second-order valence-electron chi connectivity index (χ2n) is 5.79. The molecule has 1 spiro atoms. The molecule has 4 nitrogen and oxygen atoms in total. The summed E-state index contributed by atoms with van der Waals surface area (Å²) in [5.41, 5.74) is 3.07.